The molecule has 172 valence electrons. The average Bonchev–Trinajstić information content (AvgIpc) is 2.80. The van der Waals surface area contributed by atoms with Crippen molar-refractivity contribution in [3.8, 4) is 0 Å². The van der Waals surface area contributed by atoms with Crippen molar-refractivity contribution in [1.82, 2.24) is 20.4 Å². The van der Waals surface area contributed by atoms with Gasteiger partial charge >= 0.3 is 0 Å². The summed E-state index contributed by atoms with van der Waals surface area (Å²) in [5, 5.41) is 6.17. The van der Waals surface area contributed by atoms with Crippen LogP contribution in [-0.2, 0) is 22.7 Å². The number of carbonyl (C=O) groups is 2. The number of piperazine rings is 2. The fraction of sp³-hybridized carbons (Fsp3) is 0.462. The Balaban J connectivity index is 0.000000182. The first-order valence-electron chi connectivity index (χ1n) is 11.5. The topological polar surface area (TPSA) is 64.7 Å². The zero-order valence-corrected chi connectivity index (χ0v) is 19.6. The second-order valence-electron chi connectivity index (χ2n) is 8.93. The molecule has 2 aromatic rings. The Morgan fingerprint density at radius 1 is 0.844 bits per heavy atom. The smallest absolute Gasteiger partial charge is 0.245 e. The molecular formula is C26H36N4O2. The van der Waals surface area contributed by atoms with Gasteiger partial charge in [0.25, 0.3) is 0 Å². The highest BCUT2D eigenvalue weighted by Gasteiger charge is 2.35. The molecule has 2 aliphatic rings. The van der Waals surface area contributed by atoms with E-state index in [1.165, 1.54) is 5.56 Å². The van der Waals surface area contributed by atoms with E-state index in [0.717, 1.165) is 25.2 Å². The molecule has 0 radical (unpaired) electrons. The van der Waals surface area contributed by atoms with Gasteiger partial charge in [0.1, 0.15) is 12.1 Å². The first-order valence-corrected chi connectivity index (χ1v) is 11.5. The molecule has 0 spiro atoms. The minimum Gasteiger partial charge on any atom is -0.343 e. The number of nitrogens with zero attached hydrogens (tertiary/aromatic N) is 2. The average molecular weight is 437 g/mol. The standard InChI is InChI=1S/C13H16N2O2.C13H20N2/c1-9-13(17)15(10(2)12(16)14-9)8-11-6-4-3-5-7-11;1-11-9-15(12(2)8-14-11)10-13-6-4-3-5-7-13/h3-7,9-10H,8H2,1-2H3,(H,14,16);3-7,11-12,14H,8-10H2,1-2H3/t9-,10+;11-,12+/m00/s1. The van der Waals surface area contributed by atoms with E-state index in [0.29, 0.717) is 18.6 Å². The van der Waals surface area contributed by atoms with Crippen LogP contribution in [0, 0.1) is 0 Å². The van der Waals surface area contributed by atoms with Crippen LogP contribution in [0.5, 0.6) is 0 Å². The van der Waals surface area contributed by atoms with Crippen LogP contribution in [0.2, 0.25) is 0 Å². The Bertz CT molecular complexity index is 874. The lowest BCUT2D eigenvalue weighted by Crippen LogP contribution is -2.60. The maximum Gasteiger partial charge on any atom is 0.245 e. The van der Waals surface area contributed by atoms with Gasteiger partial charge in [-0.05, 0) is 38.8 Å². The molecule has 6 nitrogen and oxygen atoms in total. The van der Waals surface area contributed by atoms with Crippen molar-refractivity contribution in [2.24, 2.45) is 0 Å². The lowest BCUT2D eigenvalue weighted by molar-refractivity contribution is -0.148. The molecule has 2 heterocycles. The highest BCUT2D eigenvalue weighted by molar-refractivity contribution is 5.96. The molecule has 0 unspecified atom stereocenters. The summed E-state index contributed by atoms with van der Waals surface area (Å²) < 4.78 is 0. The summed E-state index contributed by atoms with van der Waals surface area (Å²) in [7, 11) is 0. The van der Waals surface area contributed by atoms with Gasteiger partial charge in [0.15, 0.2) is 0 Å². The van der Waals surface area contributed by atoms with Gasteiger partial charge in [-0.1, -0.05) is 60.7 Å². The third-order valence-corrected chi connectivity index (χ3v) is 6.18. The lowest BCUT2D eigenvalue weighted by Gasteiger charge is -2.37. The molecule has 6 heteroatoms. The lowest BCUT2D eigenvalue weighted by atomic mass is 10.1. The zero-order valence-electron chi connectivity index (χ0n) is 19.6. The van der Waals surface area contributed by atoms with Crippen molar-refractivity contribution < 1.29 is 9.59 Å². The van der Waals surface area contributed by atoms with E-state index in [9.17, 15) is 9.59 Å². The molecule has 4 atom stereocenters. The van der Waals surface area contributed by atoms with E-state index < -0.39 is 12.1 Å². The van der Waals surface area contributed by atoms with E-state index in [2.05, 4.69) is 59.7 Å². The molecule has 2 aliphatic heterocycles. The summed E-state index contributed by atoms with van der Waals surface area (Å²) in [6.45, 7) is 11.8. The van der Waals surface area contributed by atoms with Crippen molar-refractivity contribution in [1.29, 1.82) is 0 Å². The number of amides is 2. The van der Waals surface area contributed by atoms with Crippen molar-refractivity contribution in [3.05, 3.63) is 71.8 Å². The first-order chi connectivity index (χ1) is 15.3. The van der Waals surface area contributed by atoms with E-state index in [1.54, 1.807) is 18.7 Å². The van der Waals surface area contributed by atoms with Gasteiger partial charge in [0.05, 0.1) is 0 Å². The summed E-state index contributed by atoms with van der Waals surface area (Å²) in [5.74, 6) is -0.117. The van der Waals surface area contributed by atoms with Crippen LogP contribution >= 0.6 is 0 Å². The summed E-state index contributed by atoms with van der Waals surface area (Å²) in [6, 6.07) is 20.8. The Hall–Kier alpha value is -2.70. The number of rotatable bonds is 4. The maximum atomic E-state index is 12.0. The normalized spacial score (nSPS) is 26.2. The first kappa shape index (κ1) is 24.0. The van der Waals surface area contributed by atoms with Crippen LogP contribution < -0.4 is 10.6 Å². The van der Waals surface area contributed by atoms with Gasteiger partial charge in [-0.2, -0.15) is 0 Å². The number of hydrogen-bond acceptors (Lipinski definition) is 4. The number of benzene rings is 2. The SMILES string of the molecule is C[C@@H]1CN[C@@H](C)CN1Cc1ccccc1.C[C@@H]1NC(=O)[C@@H](C)N(Cc2ccccc2)C1=O. The fourth-order valence-electron chi connectivity index (χ4n) is 4.11. The summed E-state index contributed by atoms with van der Waals surface area (Å²) >= 11 is 0. The van der Waals surface area contributed by atoms with Gasteiger partial charge in [0, 0.05) is 38.3 Å². The van der Waals surface area contributed by atoms with Gasteiger partial charge in [-0.15, -0.1) is 0 Å². The van der Waals surface area contributed by atoms with Crippen molar-refractivity contribution in [2.45, 2.75) is 65.0 Å². The number of carbonyl (C=O) groups excluding carboxylic acids is 2. The molecule has 2 aromatic carbocycles. The molecule has 32 heavy (non-hydrogen) atoms. The Kier molecular flexibility index (Phi) is 8.42. The number of hydrogen-bond donors (Lipinski definition) is 2. The Morgan fingerprint density at radius 2 is 1.41 bits per heavy atom. The summed E-state index contributed by atoms with van der Waals surface area (Å²) in [6.07, 6.45) is 0. The van der Waals surface area contributed by atoms with Crippen LogP contribution in [0.25, 0.3) is 0 Å². The van der Waals surface area contributed by atoms with Crippen molar-refractivity contribution >= 4 is 11.8 Å². The second kappa shape index (κ2) is 11.2. The van der Waals surface area contributed by atoms with Crippen molar-refractivity contribution in [2.75, 3.05) is 13.1 Å². The molecule has 0 aromatic heterocycles. The predicted octanol–water partition coefficient (Wildman–Crippen LogP) is 2.79. The molecule has 2 N–H and O–H groups in total. The predicted molar refractivity (Wildman–Crippen MR) is 128 cm³/mol. The molecule has 2 fully saturated rings. The van der Waals surface area contributed by atoms with Crippen LogP contribution in [-0.4, -0.2) is 58.9 Å². The molecule has 0 aliphatic carbocycles. The Labute approximate surface area is 192 Å². The third-order valence-electron chi connectivity index (χ3n) is 6.18. The van der Waals surface area contributed by atoms with Gasteiger partial charge in [-0.25, -0.2) is 0 Å². The van der Waals surface area contributed by atoms with Crippen LogP contribution in [0.15, 0.2) is 60.7 Å². The molecular weight excluding hydrogens is 400 g/mol. The third kappa shape index (κ3) is 6.40. The minimum atomic E-state index is -0.428. The number of nitrogens with one attached hydrogen (secondary N) is 2. The van der Waals surface area contributed by atoms with Gasteiger partial charge in [-0.3, -0.25) is 14.5 Å². The fourth-order valence-corrected chi connectivity index (χ4v) is 4.11. The second-order valence-corrected chi connectivity index (χ2v) is 8.93. The highest BCUT2D eigenvalue weighted by Crippen LogP contribution is 2.14. The quantitative estimate of drug-likeness (QED) is 0.774. The molecule has 2 amide bonds. The molecule has 0 saturated carbocycles. The zero-order chi connectivity index (χ0) is 23.1. The molecule has 0 bridgehead atoms. The van der Waals surface area contributed by atoms with E-state index >= 15 is 0 Å². The summed E-state index contributed by atoms with van der Waals surface area (Å²) in [4.78, 5) is 27.8. The van der Waals surface area contributed by atoms with Crippen LogP contribution in [0.4, 0.5) is 0 Å². The van der Waals surface area contributed by atoms with E-state index in [1.807, 2.05) is 30.3 Å². The van der Waals surface area contributed by atoms with Gasteiger partial charge < -0.3 is 15.5 Å². The highest BCUT2D eigenvalue weighted by atomic mass is 16.2. The molecule has 2 saturated heterocycles. The maximum absolute atomic E-state index is 12.0. The van der Waals surface area contributed by atoms with Crippen molar-refractivity contribution in [3.63, 3.8) is 0 Å². The monoisotopic (exact) mass is 436 g/mol. The van der Waals surface area contributed by atoms with E-state index in [4.69, 9.17) is 0 Å². The summed E-state index contributed by atoms with van der Waals surface area (Å²) in [5.41, 5.74) is 2.45. The van der Waals surface area contributed by atoms with E-state index in [-0.39, 0.29) is 11.8 Å². The molecule has 4 rings (SSSR count). The largest absolute Gasteiger partial charge is 0.343 e. The van der Waals surface area contributed by atoms with Crippen LogP contribution in [0.3, 0.4) is 0 Å². The van der Waals surface area contributed by atoms with Crippen LogP contribution in [0.1, 0.15) is 38.8 Å². The minimum absolute atomic E-state index is 0.0269. The Morgan fingerprint density at radius 3 is 2.00 bits per heavy atom. The van der Waals surface area contributed by atoms with Gasteiger partial charge in [0.2, 0.25) is 11.8 Å².